The van der Waals surface area contributed by atoms with Gasteiger partial charge in [0, 0.05) is 5.56 Å². The first-order valence-corrected chi connectivity index (χ1v) is 7.02. The Morgan fingerprint density at radius 2 is 1.61 bits per heavy atom. The Labute approximate surface area is 133 Å². The molecule has 5 heteroatoms. The van der Waals surface area contributed by atoms with Crippen LogP contribution in [0.1, 0.15) is 11.1 Å². The van der Waals surface area contributed by atoms with Crippen molar-refractivity contribution in [2.75, 3.05) is 14.2 Å². The van der Waals surface area contributed by atoms with E-state index in [1.807, 2.05) is 36.4 Å². The van der Waals surface area contributed by atoms with E-state index in [1.54, 1.807) is 32.4 Å². The average Bonchev–Trinajstić information content (AvgIpc) is 2.96. The molecule has 0 N–H and O–H groups in total. The molecular formula is C18H15NO4. The maximum atomic E-state index is 12.1. The highest BCUT2D eigenvalue weighted by Gasteiger charge is 2.25. The first-order chi connectivity index (χ1) is 11.2. The number of cyclic esters (lactones) is 1. The summed E-state index contributed by atoms with van der Waals surface area (Å²) < 4.78 is 15.9. The average molecular weight is 309 g/mol. The van der Waals surface area contributed by atoms with Gasteiger partial charge in [-0.25, -0.2) is 9.79 Å². The molecule has 0 saturated carbocycles. The molecule has 23 heavy (non-hydrogen) atoms. The van der Waals surface area contributed by atoms with E-state index in [4.69, 9.17) is 14.2 Å². The third-order valence-corrected chi connectivity index (χ3v) is 3.39. The molecular weight excluding hydrogens is 294 g/mol. The monoisotopic (exact) mass is 309 g/mol. The second kappa shape index (κ2) is 6.36. The van der Waals surface area contributed by atoms with Gasteiger partial charge in [0.15, 0.2) is 5.70 Å². The van der Waals surface area contributed by atoms with Crippen LogP contribution in [0.5, 0.6) is 11.5 Å². The fraction of sp³-hybridized carbons (Fsp3) is 0.111. The number of methoxy groups -OCH3 is 2. The number of carbonyl (C=O) groups is 1. The molecule has 0 spiro atoms. The van der Waals surface area contributed by atoms with Gasteiger partial charge in [0.25, 0.3) is 0 Å². The SMILES string of the molecule is COc1cccc(OC)c1C=C1N=C(c2ccccc2)OC1=O. The van der Waals surface area contributed by atoms with E-state index in [1.165, 1.54) is 0 Å². The van der Waals surface area contributed by atoms with E-state index in [2.05, 4.69) is 4.99 Å². The highest BCUT2D eigenvalue weighted by molar-refractivity contribution is 6.13. The van der Waals surface area contributed by atoms with Crippen LogP contribution in [-0.4, -0.2) is 26.1 Å². The number of aliphatic imine (C=N–C) groups is 1. The number of rotatable bonds is 4. The molecule has 116 valence electrons. The van der Waals surface area contributed by atoms with Crippen molar-refractivity contribution >= 4 is 17.9 Å². The lowest BCUT2D eigenvalue weighted by molar-refractivity contribution is -0.129. The summed E-state index contributed by atoms with van der Waals surface area (Å²) in [7, 11) is 3.12. The van der Waals surface area contributed by atoms with Crippen molar-refractivity contribution in [3.8, 4) is 11.5 Å². The minimum absolute atomic E-state index is 0.201. The second-order valence-electron chi connectivity index (χ2n) is 4.78. The van der Waals surface area contributed by atoms with E-state index in [0.29, 0.717) is 17.1 Å². The number of ether oxygens (including phenoxy) is 3. The summed E-state index contributed by atoms with van der Waals surface area (Å²) in [5.74, 6) is 0.966. The standard InChI is InChI=1S/C18H15NO4/c1-21-15-9-6-10-16(22-2)13(15)11-14-18(20)23-17(19-14)12-7-4-3-5-8-12/h3-11H,1-2H3. The Balaban J connectivity index is 2.03. The quantitative estimate of drug-likeness (QED) is 0.643. The van der Waals surface area contributed by atoms with Gasteiger partial charge in [-0.15, -0.1) is 0 Å². The second-order valence-corrected chi connectivity index (χ2v) is 4.78. The van der Waals surface area contributed by atoms with Crippen LogP contribution in [0, 0.1) is 0 Å². The van der Waals surface area contributed by atoms with E-state index in [9.17, 15) is 4.79 Å². The lowest BCUT2D eigenvalue weighted by Gasteiger charge is -2.09. The van der Waals surface area contributed by atoms with E-state index >= 15 is 0 Å². The fourth-order valence-electron chi connectivity index (χ4n) is 2.27. The first-order valence-electron chi connectivity index (χ1n) is 7.02. The molecule has 2 aromatic rings. The van der Waals surface area contributed by atoms with Crippen LogP contribution in [0.25, 0.3) is 6.08 Å². The maximum absolute atomic E-state index is 12.1. The molecule has 0 aromatic heterocycles. The number of nitrogens with zero attached hydrogens (tertiary/aromatic N) is 1. The van der Waals surface area contributed by atoms with Crippen molar-refractivity contribution in [2.45, 2.75) is 0 Å². The van der Waals surface area contributed by atoms with E-state index < -0.39 is 5.97 Å². The molecule has 1 heterocycles. The molecule has 0 bridgehead atoms. The molecule has 0 fully saturated rings. The molecule has 0 saturated heterocycles. The number of carbonyl (C=O) groups excluding carboxylic acids is 1. The summed E-state index contributed by atoms with van der Waals surface area (Å²) >= 11 is 0. The Morgan fingerprint density at radius 3 is 2.22 bits per heavy atom. The van der Waals surface area contributed by atoms with Crippen LogP contribution >= 0.6 is 0 Å². The van der Waals surface area contributed by atoms with Gasteiger partial charge in [0.05, 0.1) is 19.8 Å². The van der Waals surface area contributed by atoms with Gasteiger partial charge in [0.2, 0.25) is 5.90 Å². The van der Waals surface area contributed by atoms with Gasteiger partial charge in [-0.3, -0.25) is 0 Å². The van der Waals surface area contributed by atoms with Gasteiger partial charge in [0.1, 0.15) is 11.5 Å². The van der Waals surface area contributed by atoms with Gasteiger partial charge in [-0.2, -0.15) is 0 Å². The molecule has 5 nitrogen and oxygen atoms in total. The molecule has 0 amide bonds. The largest absolute Gasteiger partial charge is 0.496 e. The molecule has 0 atom stereocenters. The minimum Gasteiger partial charge on any atom is -0.496 e. The van der Waals surface area contributed by atoms with Crippen LogP contribution in [0.4, 0.5) is 0 Å². The molecule has 3 rings (SSSR count). The summed E-state index contributed by atoms with van der Waals surface area (Å²) in [5, 5.41) is 0. The van der Waals surface area contributed by atoms with Crippen LogP contribution in [0.15, 0.2) is 59.2 Å². The Bertz CT molecular complexity index is 772. The fourth-order valence-corrected chi connectivity index (χ4v) is 2.27. The molecule has 1 aliphatic heterocycles. The zero-order valence-corrected chi connectivity index (χ0v) is 12.8. The van der Waals surface area contributed by atoms with Gasteiger partial charge < -0.3 is 14.2 Å². The maximum Gasteiger partial charge on any atom is 0.363 e. The highest BCUT2D eigenvalue weighted by Crippen LogP contribution is 2.32. The Kier molecular flexibility index (Phi) is 4.10. The smallest absolute Gasteiger partial charge is 0.363 e. The van der Waals surface area contributed by atoms with Crippen molar-refractivity contribution in [1.82, 2.24) is 0 Å². The van der Waals surface area contributed by atoms with Crippen molar-refractivity contribution in [1.29, 1.82) is 0 Å². The van der Waals surface area contributed by atoms with E-state index in [0.717, 1.165) is 5.56 Å². The highest BCUT2D eigenvalue weighted by atomic mass is 16.6. The van der Waals surface area contributed by atoms with Crippen LogP contribution in [0.3, 0.4) is 0 Å². The lowest BCUT2D eigenvalue weighted by Crippen LogP contribution is -2.05. The van der Waals surface area contributed by atoms with Crippen LogP contribution in [0.2, 0.25) is 0 Å². The van der Waals surface area contributed by atoms with E-state index in [-0.39, 0.29) is 11.6 Å². The molecule has 0 unspecified atom stereocenters. The van der Waals surface area contributed by atoms with Gasteiger partial charge >= 0.3 is 5.97 Å². The minimum atomic E-state index is -0.503. The number of esters is 1. The van der Waals surface area contributed by atoms with Gasteiger partial charge in [-0.1, -0.05) is 24.3 Å². The van der Waals surface area contributed by atoms with Crippen molar-refractivity contribution < 1.29 is 19.0 Å². The van der Waals surface area contributed by atoms with Crippen molar-refractivity contribution in [3.63, 3.8) is 0 Å². The predicted molar refractivity (Wildman–Crippen MR) is 86.6 cm³/mol. The van der Waals surface area contributed by atoms with Gasteiger partial charge in [-0.05, 0) is 30.3 Å². The molecule has 2 aromatic carbocycles. The normalized spacial score (nSPS) is 15.3. The number of hydrogen-bond acceptors (Lipinski definition) is 5. The van der Waals surface area contributed by atoms with Crippen LogP contribution < -0.4 is 9.47 Å². The first kappa shape index (κ1) is 14.8. The summed E-state index contributed by atoms with van der Waals surface area (Å²) in [5.41, 5.74) is 1.59. The Hall–Kier alpha value is -3.08. The number of hydrogen-bond donors (Lipinski definition) is 0. The topological polar surface area (TPSA) is 57.1 Å². The predicted octanol–water partition coefficient (Wildman–Crippen LogP) is 3.05. The zero-order chi connectivity index (χ0) is 16.2. The third-order valence-electron chi connectivity index (χ3n) is 3.39. The summed E-state index contributed by atoms with van der Waals surface area (Å²) in [6.45, 7) is 0. The van der Waals surface area contributed by atoms with Crippen molar-refractivity contribution in [3.05, 3.63) is 65.4 Å². The zero-order valence-electron chi connectivity index (χ0n) is 12.8. The molecule has 1 aliphatic rings. The summed E-state index contributed by atoms with van der Waals surface area (Å²) in [4.78, 5) is 16.4. The summed E-state index contributed by atoms with van der Waals surface area (Å²) in [6, 6.07) is 14.7. The molecule has 0 aliphatic carbocycles. The van der Waals surface area contributed by atoms with Crippen LogP contribution in [-0.2, 0) is 9.53 Å². The third kappa shape index (κ3) is 2.94. The summed E-state index contributed by atoms with van der Waals surface area (Å²) in [6.07, 6.45) is 1.61. The lowest BCUT2D eigenvalue weighted by atomic mass is 10.1. The van der Waals surface area contributed by atoms with Crippen molar-refractivity contribution in [2.24, 2.45) is 4.99 Å². The molecule has 0 radical (unpaired) electrons. The number of benzene rings is 2. The Morgan fingerprint density at radius 1 is 0.957 bits per heavy atom.